The highest BCUT2D eigenvalue weighted by Crippen LogP contribution is 2.15. The van der Waals surface area contributed by atoms with Crippen LogP contribution in [0, 0.1) is 0 Å². The van der Waals surface area contributed by atoms with Crippen LogP contribution in [-0.2, 0) is 0 Å². The van der Waals surface area contributed by atoms with E-state index in [1.807, 2.05) is 31.3 Å². The van der Waals surface area contributed by atoms with E-state index in [1.165, 1.54) is 0 Å². The van der Waals surface area contributed by atoms with Crippen molar-refractivity contribution in [2.24, 2.45) is 0 Å². The molecule has 0 aliphatic rings. The van der Waals surface area contributed by atoms with E-state index in [0.717, 1.165) is 10.9 Å². The SMILES string of the molecule is CC(CO)N(C)C(=O)c1ccc2cc[nH]c2c1. The van der Waals surface area contributed by atoms with Crippen molar-refractivity contribution in [3.8, 4) is 0 Å². The van der Waals surface area contributed by atoms with Crippen molar-refractivity contribution >= 4 is 16.8 Å². The lowest BCUT2D eigenvalue weighted by Crippen LogP contribution is -2.37. The number of aromatic nitrogens is 1. The minimum Gasteiger partial charge on any atom is -0.394 e. The third-order valence-corrected chi connectivity index (χ3v) is 3.05. The van der Waals surface area contributed by atoms with Crippen LogP contribution >= 0.6 is 0 Å². The van der Waals surface area contributed by atoms with Crippen LogP contribution in [0.15, 0.2) is 30.5 Å². The first-order valence-corrected chi connectivity index (χ1v) is 5.58. The van der Waals surface area contributed by atoms with Crippen LogP contribution < -0.4 is 0 Å². The zero-order valence-electron chi connectivity index (χ0n) is 9.97. The van der Waals surface area contributed by atoms with Gasteiger partial charge in [0.15, 0.2) is 0 Å². The number of H-pyrrole nitrogens is 1. The van der Waals surface area contributed by atoms with E-state index >= 15 is 0 Å². The summed E-state index contributed by atoms with van der Waals surface area (Å²) in [4.78, 5) is 16.7. The molecule has 0 saturated heterocycles. The molecule has 2 rings (SSSR count). The van der Waals surface area contributed by atoms with Gasteiger partial charge in [0.05, 0.1) is 12.6 Å². The summed E-state index contributed by atoms with van der Waals surface area (Å²) in [6.45, 7) is 1.78. The van der Waals surface area contributed by atoms with Crippen molar-refractivity contribution in [1.82, 2.24) is 9.88 Å². The van der Waals surface area contributed by atoms with Gasteiger partial charge in [0.2, 0.25) is 0 Å². The normalized spacial score (nSPS) is 12.6. The summed E-state index contributed by atoms with van der Waals surface area (Å²) < 4.78 is 0. The molecule has 1 heterocycles. The highest BCUT2D eigenvalue weighted by molar-refractivity contribution is 5.97. The number of benzene rings is 1. The monoisotopic (exact) mass is 232 g/mol. The van der Waals surface area contributed by atoms with E-state index < -0.39 is 0 Å². The smallest absolute Gasteiger partial charge is 0.253 e. The Morgan fingerprint density at radius 1 is 1.47 bits per heavy atom. The predicted octanol–water partition coefficient (Wildman–Crippen LogP) is 1.62. The molecular weight excluding hydrogens is 216 g/mol. The molecule has 2 N–H and O–H groups in total. The number of carbonyl (C=O) groups excluding carboxylic acids is 1. The third-order valence-electron chi connectivity index (χ3n) is 3.05. The van der Waals surface area contributed by atoms with Crippen LogP contribution in [0.25, 0.3) is 10.9 Å². The predicted molar refractivity (Wildman–Crippen MR) is 66.9 cm³/mol. The number of likely N-dealkylation sites (N-methyl/N-ethyl adjacent to an activating group) is 1. The maximum Gasteiger partial charge on any atom is 0.253 e. The number of rotatable bonds is 3. The topological polar surface area (TPSA) is 56.3 Å². The van der Waals surface area contributed by atoms with Crippen molar-refractivity contribution in [3.63, 3.8) is 0 Å². The van der Waals surface area contributed by atoms with Crippen molar-refractivity contribution in [2.45, 2.75) is 13.0 Å². The number of aliphatic hydroxyl groups excluding tert-OH is 1. The number of aromatic amines is 1. The van der Waals surface area contributed by atoms with Gasteiger partial charge in [0.1, 0.15) is 0 Å². The van der Waals surface area contributed by atoms with Crippen molar-refractivity contribution < 1.29 is 9.90 Å². The fourth-order valence-corrected chi connectivity index (χ4v) is 1.71. The van der Waals surface area contributed by atoms with E-state index in [1.54, 1.807) is 18.0 Å². The second-order valence-corrected chi connectivity index (χ2v) is 4.23. The van der Waals surface area contributed by atoms with Crippen LogP contribution in [0.5, 0.6) is 0 Å². The molecule has 0 fully saturated rings. The summed E-state index contributed by atoms with van der Waals surface area (Å²) in [7, 11) is 1.70. The fourth-order valence-electron chi connectivity index (χ4n) is 1.71. The minimum atomic E-state index is -0.179. The molecule has 0 radical (unpaired) electrons. The Hall–Kier alpha value is -1.81. The zero-order chi connectivity index (χ0) is 12.4. The van der Waals surface area contributed by atoms with Crippen LogP contribution in [0.2, 0.25) is 0 Å². The Morgan fingerprint density at radius 3 is 2.94 bits per heavy atom. The van der Waals surface area contributed by atoms with Gasteiger partial charge in [-0.25, -0.2) is 0 Å². The lowest BCUT2D eigenvalue weighted by molar-refractivity contribution is 0.0682. The number of nitrogens with zero attached hydrogens (tertiary/aromatic N) is 1. The molecule has 1 aromatic heterocycles. The van der Waals surface area contributed by atoms with E-state index in [9.17, 15) is 4.79 Å². The van der Waals surface area contributed by atoms with Gasteiger partial charge < -0.3 is 15.0 Å². The number of aliphatic hydroxyl groups is 1. The molecule has 4 nitrogen and oxygen atoms in total. The molecule has 17 heavy (non-hydrogen) atoms. The molecular formula is C13H16N2O2. The van der Waals surface area contributed by atoms with Gasteiger partial charge in [-0.2, -0.15) is 0 Å². The first kappa shape index (κ1) is 11.7. The van der Waals surface area contributed by atoms with Gasteiger partial charge in [-0.15, -0.1) is 0 Å². The summed E-state index contributed by atoms with van der Waals surface area (Å²) in [5, 5.41) is 10.1. The highest BCUT2D eigenvalue weighted by atomic mass is 16.3. The quantitative estimate of drug-likeness (QED) is 0.845. The third kappa shape index (κ3) is 2.17. The lowest BCUT2D eigenvalue weighted by atomic mass is 10.1. The summed E-state index contributed by atoms with van der Waals surface area (Å²) in [6, 6.07) is 7.33. The number of nitrogens with one attached hydrogen (secondary N) is 1. The second kappa shape index (κ2) is 4.59. The van der Waals surface area contributed by atoms with Gasteiger partial charge >= 0.3 is 0 Å². The fraction of sp³-hybridized carbons (Fsp3) is 0.308. The molecule has 0 bridgehead atoms. The molecule has 0 aliphatic carbocycles. The second-order valence-electron chi connectivity index (χ2n) is 4.23. The largest absolute Gasteiger partial charge is 0.394 e. The minimum absolute atomic E-state index is 0.0347. The number of fused-ring (bicyclic) bond motifs is 1. The Balaban J connectivity index is 2.29. The summed E-state index contributed by atoms with van der Waals surface area (Å²) in [6.07, 6.45) is 1.85. The van der Waals surface area contributed by atoms with Crippen LogP contribution in [0.3, 0.4) is 0 Å². The maximum atomic E-state index is 12.1. The Morgan fingerprint density at radius 2 is 2.24 bits per heavy atom. The molecule has 0 spiro atoms. The van der Waals surface area contributed by atoms with Gasteiger partial charge in [0, 0.05) is 24.3 Å². The molecule has 0 aliphatic heterocycles. The Bertz CT molecular complexity index is 533. The van der Waals surface area contributed by atoms with Crippen LogP contribution in [-0.4, -0.2) is 40.6 Å². The van der Waals surface area contributed by atoms with E-state index in [-0.39, 0.29) is 18.6 Å². The maximum absolute atomic E-state index is 12.1. The summed E-state index contributed by atoms with van der Waals surface area (Å²) in [5.41, 5.74) is 1.57. The lowest BCUT2D eigenvalue weighted by Gasteiger charge is -2.23. The number of hydrogen-bond acceptors (Lipinski definition) is 2. The van der Waals surface area contributed by atoms with Gasteiger partial charge in [-0.1, -0.05) is 6.07 Å². The van der Waals surface area contributed by atoms with E-state index in [4.69, 9.17) is 5.11 Å². The van der Waals surface area contributed by atoms with Crippen molar-refractivity contribution in [1.29, 1.82) is 0 Å². The standard InChI is InChI=1S/C13H16N2O2/c1-9(8-16)15(2)13(17)11-4-3-10-5-6-14-12(10)7-11/h3-7,9,14,16H,8H2,1-2H3. The van der Waals surface area contributed by atoms with Gasteiger partial charge in [-0.3, -0.25) is 4.79 Å². The first-order chi connectivity index (χ1) is 8.13. The van der Waals surface area contributed by atoms with Gasteiger partial charge in [-0.05, 0) is 30.5 Å². The molecule has 1 unspecified atom stereocenters. The zero-order valence-corrected chi connectivity index (χ0v) is 9.97. The average molecular weight is 232 g/mol. The number of carbonyl (C=O) groups is 1. The number of amides is 1. The van der Waals surface area contributed by atoms with Crippen LogP contribution in [0.1, 0.15) is 17.3 Å². The van der Waals surface area contributed by atoms with Gasteiger partial charge in [0.25, 0.3) is 5.91 Å². The highest BCUT2D eigenvalue weighted by Gasteiger charge is 2.16. The molecule has 1 atom stereocenters. The molecule has 2 aromatic rings. The first-order valence-electron chi connectivity index (χ1n) is 5.58. The average Bonchev–Trinajstić information content (AvgIpc) is 2.83. The van der Waals surface area contributed by atoms with Crippen molar-refractivity contribution in [3.05, 3.63) is 36.0 Å². The summed E-state index contributed by atoms with van der Waals surface area (Å²) >= 11 is 0. The van der Waals surface area contributed by atoms with E-state index in [2.05, 4.69) is 4.98 Å². The molecule has 90 valence electrons. The number of hydrogen-bond donors (Lipinski definition) is 2. The molecule has 4 heteroatoms. The molecule has 1 amide bonds. The molecule has 1 aromatic carbocycles. The molecule has 0 saturated carbocycles. The summed E-state index contributed by atoms with van der Waals surface area (Å²) in [5.74, 6) is -0.0805. The van der Waals surface area contributed by atoms with E-state index in [0.29, 0.717) is 5.56 Å². The Labute approximate surface area is 99.9 Å². The van der Waals surface area contributed by atoms with Crippen molar-refractivity contribution in [2.75, 3.05) is 13.7 Å². The Kier molecular flexibility index (Phi) is 3.15. The van der Waals surface area contributed by atoms with Crippen LogP contribution in [0.4, 0.5) is 0 Å².